The number of rotatable bonds is 3. The summed E-state index contributed by atoms with van der Waals surface area (Å²) in [7, 11) is 0. The van der Waals surface area contributed by atoms with Crippen LogP contribution >= 0.6 is 11.8 Å². The summed E-state index contributed by atoms with van der Waals surface area (Å²) in [5.41, 5.74) is 0. The first kappa shape index (κ1) is 10.4. The molecule has 1 rings (SSSR count). The highest BCUT2D eigenvalue weighted by molar-refractivity contribution is 7.99. The average Bonchev–Trinajstić information content (AvgIpc) is 2.30. The molecule has 0 aliphatic rings. The predicted octanol–water partition coefficient (Wildman–Crippen LogP) is 2.23. The van der Waals surface area contributed by atoms with E-state index in [9.17, 15) is 4.79 Å². The largest absolute Gasteiger partial charge is 0.519 e. The Labute approximate surface area is 81.5 Å². The molecule has 0 aromatic carbocycles. The first-order valence-electron chi connectivity index (χ1n) is 4.09. The van der Waals surface area contributed by atoms with Crippen LogP contribution in [-0.4, -0.2) is 11.0 Å². The third-order valence-corrected chi connectivity index (χ3v) is 3.22. The topological polar surface area (TPSA) is 43.4 Å². The van der Waals surface area contributed by atoms with Crippen LogP contribution in [0, 0.1) is 6.92 Å². The minimum absolute atomic E-state index is 0.0740. The van der Waals surface area contributed by atoms with Gasteiger partial charge in [0.15, 0.2) is 5.76 Å². The van der Waals surface area contributed by atoms with Gasteiger partial charge in [0.2, 0.25) is 0 Å². The SMILES string of the molecule is CSC(C)(C)Cc1oc(=O)oc1C. The van der Waals surface area contributed by atoms with Crippen LogP contribution in [0.5, 0.6) is 0 Å². The van der Waals surface area contributed by atoms with Crippen LogP contribution in [0.1, 0.15) is 25.4 Å². The Morgan fingerprint density at radius 1 is 1.38 bits per heavy atom. The van der Waals surface area contributed by atoms with Crippen molar-refractivity contribution in [1.82, 2.24) is 0 Å². The summed E-state index contributed by atoms with van der Waals surface area (Å²) in [6, 6.07) is 0. The fourth-order valence-electron chi connectivity index (χ4n) is 0.995. The van der Waals surface area contributed by atoms with Gasteiger partial charge < -0.3 is 8.83 Å². The Morgan fingerprint density at radius 2 is 2.00 bits per heavy atom. The predicted molar refractivity (Wildman–Crippen MR) is 53.3 cm³/mol. The Hall–Kier alpha value is -0.640. The summed E-state index contributed by atoms with van der Waals surface area (Å²) < 4.78 is 9.76. The van der Waals surface area contributed by atoms with Crippen LogP contribution in [0.2, 0.25) is 0 Å². The summed E-state index contributed by atoms with van der Waals surface area (Å²) in [4.78, 5) is 10.7. The quantitative estimate of drug-likeness (QED) is 0.753. The van der Waals surface area contributed by atoms with Crippen molar-refractivity contribution in [2.45, 2.75) is 31.9 Å². The van der Waals surface area contributed by atoms with Gasteiger partial charge in [0.1, 0.15) is 5.76 Å². The van der Waals surface area contributed by atoms with E-state index < -0.39 is 5.82 Å². The van der Waals surface area contributed by atoms with Crippen LogP contribution in [0.3, 0.4) is 0 Å². The third-order valence-electron chi connectivity index (χ3n) is 1.97. The van der Waals surface area contributed by atoms with Gasteiger partial charge in [-0.1, -0.05) is 13.8 Å². The van der Waals surface area contributed by atoms with Crippen molar-refractivity contribution in [1.29, 1.82) is 0 Å². The molecular weight excluding hydrogens is 188 g/mol. The minimum atomic E-state index is -0.607. The summed E-state index contributed by atoms with van der Waals surface area (Å²) in [6.07, 6.45) is 2.75. The number of hydrogen-bond donors (Lipinski definition) is 0. The van der Waals surface area contributed by atoms with Crippen LogP contribution in [-0.2, 0) is 6.42 Å². The molecule has 0 unspecified atom stereocenters. The van der Waals surface area contributed by atoms with Crippen LogP contribution in [0.25, 0.3) is 0 Å². The summed E-state index contributed by atoms with van der Waals surface area (Å²) in [6.45, 7) is 5.95. The Bertz CT molecular complexity index is 335. The van der Waals surface area contributed by atoms with E-state index in [-0.39, 0.29) is 4.75 Å². The first-order chi connectivity index (χ1) is 5.94. The maximum absolute atomic E-state index is 10.7. The lowest BCUT2D eigenvalue weighted by Gasteiger charge is -2.19. The molecule has 0 aliphatic carbocycles. The maximum atomic E-state index is 10.7. The lowest BCUT2D eigenvalue weighted by molar-refractivity contribution is 0.366. The van der Waals surface area contributed by atoms with Crippen molar-refractivity contribution >= 4 is 11.8 Å². The molecule has 0 aliphatic heterocycles. The highest BCUT2D eigenvalue weighted by Crippen LogP contribution is 2.26. The fourth-order valence-corrected chi connectivity index (χ4v) is 1.27. The molecule has 1 aromatic rings. The van der Waals surface area contributed by atoms with E-state index in [4.69, 9.17) is 8.83 Å². The van der Waals surface area contributed by atoms with Gasteiger partial charge in [-0.05, 0) is 13.2 Å². The standard InChI is InChI=1S/C9H14O3S/c1-6-7(12-8(10)11-6)5-9(2,3)13-4/h5H2,1-4H3. The van der Waals surface area contributed by atoms with Gasteiger partial charge in [0, 0.05) is 11.2 Å². The van der Waals surface area contributed by atoms with E-state index in [1.165, 1.54) is 0 Å². The van der Waals surface area contributed by atoms with Crippen molar-refractivity contribution in [3.05, 3.63) is 22.1 Å². The zero-order chi connectivity index (χ0) is 10.1. The average molecular weight is 202 g/mol. The molecular formula is C9H14O3S. The number of hydrogen-bond acceptors (Lipinski definition) is 4. The zero-order valence-electron chi connectivity index (χ0n) is 8.34. The van der Waals surface area contributed by atoms with Crippen molar-refractivity contribution in [2.75, 3.05) is 6.26 Å². The molecule has 0 N–H and O–H groups in total. The monoisotopic (exact) mass is 202 g/mol. The van der Waals surface area contributed by atoms with E-state index in [1.54, 1.807) is 18.7 Å². The number of thioether (sulfide) groups is 1. The molecule has 74 valence electrons. The second kappa shape index (κ2) is 3.62. The van der Waals surface area contributed by atoms with Gasteiger partial charge >= 0.3 is 5.82 Å². The van der Waals surface area contributed by atoms with Gasteiger partial charge in [-0.15, -0.1) is 0 Å². The third kappa shape index (κ3) is 2.66. The zero-order valence-corrected chi connectivity index (χ0v) is 9.16. The smallest absolute Gasteiger partial charge is 0.396 e. The normalized spacial score (nSPS) is 12.0. The van der Waals surface area contributed by atoms with E-state index >= 15 is 0 Å². The molecule has 0 amide bonds. The minimum Gasteiger partial charge on any atom is -0.396 e. The van der Waals surface area contributed by atoms with Crippen LogP contribution < -0.4 is 5.82 Å². The van der Waals surface area contributed by atoms with Crippen molar-refractivity contribution in [2.24, 2.45) is 0 Å². The highest BCUT2D eigenvalue weighted by atomic mass is 32.2. The molecule has 0 radical (unpaired) electrons. The van der Waals surface area contributed by atoms with Gasteiger partial charge in [0.25, 0.3) is 0 Å². The second-order valence-corrected chi connectivity index (χ2v) is 5.09. The molecule has 0 saturated carbocycles. The Kier molecular flexibility index (Phi) is 2.91. The van der Waals surface area contributed by atoms with Crippen LogP contribution in [0.4, 0.5) is 0 Å². The van der Waals surface area contributed by atoms with Gasteiger partial charge in [-0.2, -0.15) is 11.8 Å². The molecule has 0 saturated heterocycles. The molecule has 0 spiro atoms. The van der Waals surface area contributed by atoms with Gasteiger partial charge in [-0.3, -0.25) is 0 Å². The fraction of sp³-hybridized carbons (Fsp3) is 0.667. The van der Waals surface area contributed by atoms with Crippen molar-refractivity contribution < 1.29 is 8.83 Å². The van der Waals surface area contributed by atoms with E-state index in [2.05, 4.69) is 13.8 Å². The van der Waals surface area contributed by atoms with Gasteiger partial charge in [0.05, 0.1) is 0 Å². The van der Waals surface area contributed by atoms with Crippen molar-refractivity contribution in [3.63, 3.8) is 0 Å². The summed E-state index contributed by atoms with van der Waals surface area (Å²) in [5.74, 6) is 0.640. The maximum Gasteiger partial charge on any atom is 0.519 e. The lowest BCUT2D eigenvalue weighted by atomic mass is 10.1. The molecule has 1 aromatic heterocycles. The highest BCUT2D eigenvalue weighted by Gasteiger charge is 2.21. The molecule has 3 nitrogen and oxygen atoms in total. The first-order valence-corrected chi connectivity index (χ1v) is 5.31. The second-order valence-electron chi connectivity index (χ2n) is 3.57. The van der Waals surface area contributed by atoms with Crippen molar-refractivity contribution in [3.8, 4) is 0 Å². The number of aryl methyl sites for hydroxylation is 1. The Balaban J connectivity index is 2.85. The lowest BCUT2D eigenvalue weighted by Crippen LogP contribution is -2.17. The van der Waals surface area contributed by atoms with E-state index in [0.717, 1.165) is 0 Å². The molecule has 0 fully saturated rings. The van der Waals surface area contributed by atoms with Crippen LogP contribution in [0.15, 0.2) is 13.6 Å². The molecule has 1 heterocycles. The van der Waals surface area contributed by atoms with Gasteiger partial charge in [-0.25, -0.2) is 4.79 Å². The molecule has 13 heavy (non-hydrogen) atoms. The molecule has 0 atom stereocenters. The molecule has 4 heteroatoms. The van der Waals surface area contributed by atoms with E-state index in [1.807, 2.05) is 6.26 Å². The molecule has 0 bridgehead atoms. The Morgan fingerprint density at radius 3 is 2.38 bits per heavy atom. The summed E-state index contributed by atoms with van der Waals surface area (Å²) >= 11 is 1.74. The summed E-state index contributed by atoms with van der Waals surface area (Å²) in [5, 5.41) is 0. The van der Waals surface area contributed by atoms with E-state index in [0.29, 0.717) is 17.9 Å².